The van der Waals surface area contributed by atoms with Gasteiger partial charge in [0.25, 0.3) is 0 Å². The second kappa shape index (κ2) is 4.55. The number of hydrogen-bond donors (Lipinski definition) is 0. The molecule has 0 aliphatic heterocycles. The fraction of sp³-hybridized carbons (Fsp3) is 0.143. The lowest BCUT2D eigenvalue weighted by Crippen LogP contribution is -1.93. The molecule has 5 heteroatoms. The molecule has 0 amide bonds. The van der Waals surface area contributed by atoms with E-state index >= 15 is 0 Å². The van der Waals surface area contributed by atoms with Crippen molar-refractivity contribution in [1.82, 2.24) is 9.97 Å². The SMILES string of the molecule is COc1c(Cl)ncnc1-c1cc2cccc(C)c2o1. The largest absolute Gasteiger partial charge is 0.491 e. The van der Waals surface area contributed by atoms with Crippen molar-refractivity contribution in [3.8, 4) is 17.2 Å². The van der Waals surface area contributed by atoms with E-state index in [4.69, 9.17) is 20.8 Å². The minimum Gasteiger partial charge on any atom is -0.491 e. The fourth-order valence-corrected chi connectivity index (χ4v) is 2.24. The molecule has 3 rings (SSSR count). The Bertz CT molecular complexity index is 752. The van der Waals surface area contributed by atoms with Gasteiger partial charge in [-0.25, -0.2) is 9.97 Å². The zero-order chi connectivity index (χ0) is 13.4. The van der Waals surface area contributed by atoms with Crippen molar-refractivity contribution in [1.29, 1.82) is 0 Å². The Balaban J connectivity index is 2.25. The van der Waals surface area contributed by atoms with Gasteiger partial charge >= 0.3 is 0 Å². The number of para-hydroxylation sites is 1. The lowest BCUT2D eigenvalue weighted by molar-refractivity contribution is 0.411. The van der Waals surface area contributed by atoms with Crippen LogP contribution in [-0.4, -0.2) is 17.1 Å². The summed E-state index contributed by atoms with van der Waals surface area (Å²) < 4.78 is 11.1. The predicted octanol–water partition coefficient (Wildman–Crippen LogP) is 3.86. The molecule has 1 aromatic carbocycles. The number of halogens is 1. The van der Waals surface area contributed by atoms with Crippen LogP contribution in [0.1, 0.15) is 5.56 Å². The van der Waals surface area contributed by atoms with E-state index in [1.807, 2.05) is 31.2 Å². The molecule has 19 heavy (non-hydrogen) atoms. The third-order valence-electron chi connectivity index (χ3n) is 2.94. The Labute approximate surface area is 115 Å². The third-order valence-corrected chi connectivity index (χ3v) is 3.21. The Morgan fingerprint density at radius 2 is 2.11 bits per heavy atom. The molecule has 0 saturated heterocycles. The maximum absolute atomic E-state index is 5.99. The van der Waals surface area contributed by atoms with Gasteiger partial charge in [0, 0.05) is 5.39 Å². The van der Waals surface area contributed by atoms with E-state index in [9.17, 15) is 0 Å². The lowest BCUT2D eigenvalue weighted by Gasteiger charge is -2.05. The van der Waals surface area contributed by atoms with Gasteiger partial charge < -0.3 is 9.15 Å². The summed E-state index contributed by atoms with van der Waals surface area (Å²) in [4.78, 5) is 8.09. The summed E-state index contributed by atoms with van der Waals surface area (Å²) in [6.45, 7) is 2.00. The zero-order valence-electron chi connectivity index (χ0n) is 10.5. The minimum absolute atomic E-state index is 0.268. The summed E-state index contributed by atoms with van der Waals surface area (Å²) >= 11 is 5.99. The Morgan fingerprint density at radius 3 is 2.84 bits per heavy atom. The van der Waals surface area contributed by atoms with Crippen LogP contribution in [0.3, 0.4) is 0 Å². The first kappa shape index (κ1) is 12.0. The molecule has 0 unspecified atom stereocenters. The highest BCUT2D eigenvalue weighted by Crippen LogP contribution is 2.36. The molecule has 0 saturated carbocycles. The van der Waals surface area contributed by atoms with E-state index < -0.39 is 0 Å². The van der Waals surface area contributed by atoms with Crippen LogP contribution in [0.15, 0.2) is 35.0 Å². The van der Waals surface area contributed by atoms with E-state index in [-0.39, 0.29) is 5.15 Å². The van der Waals surface area contributed by atoms with E-state index in [0.29, 0.717) is 17.2 Å². The van der Waals surface area contributed by atoms with E-state index in [0.717, 1.165) is 16.5 Å². The molecular weight excluding hydrogens is 264 g/mol. The number of aromatic nitrogens is 2. The molecule has 0 aliphatic carbocycles. The normalized spacial score (nSPS) is 10.9. The first-order valence-electron chi connectivity index (χ1n) is 5.74. The van der Waals surface area contributed by atoms with Gasteiger partial charge in [0.05, 0.1) is 7.11 Å². The molecule has 0 aliphatic rings. The second-order valence-electron chi connectivity index (χ2n) is 4.15. The molecule has 3 aromatic rings. The van der Waals surface area contributed by atoms with Crippen molar-refractivity contribution < 1.29 is 9.15 Å². The van der Waals surface area contributed by atoms with E-state index in [2.05, 4.69) is 9.97 Å². The number of fused-ring (bicyclic) bond motifs is 1. The van der Waals surface area contributed by atoms with Gasteiger partial charge in [0.1, 0.15) is 11.9 Å². The van der Waals surface area contributed by atoms with Crippen LogP contribution in [0.25, 0.3) is 22.4 Å². The molecule has 0 N–H and O–H groups in total. The molecule has 0 fully saturated rings. The van der Waals surface area contributed by atoms with Crippen LogP contribution >= 0.6 is 11.6 Å². The van der Waals surface area contributed by atoms with Gasteiger partial charge in [0.15, 0.2) is 22.4 Å². The van der Waals surface area contributed by atoms with E-state index in [1.54, 1.807) is 0 Å². The highest BCUT2D eigenvalue weighted by atomic mass is 35.5. The molecule has 0 radical (unpaired) electrons. The van der Waals surface area contributed by atoms with Gasteiger partial charge in [-0.3, -0.25) is 0 Å². The maximum atomic E-state index is 5.99. The number of methoxy groups -OCH3 is 1. The van der Waals surface area contributed by atoms with Gasteiger partial charge in [-0.2, -0.15) is 0 Å². The van der Waals surface area contributed by atoms with Crippen LogP contribution in [0.2, 0.25) is 5.15 Å². The number of benzene rings is 1. The molecule has 0 atom stereocenters. The highest BCUT2D eigenvalue weighted by Gasteiger charge is 2.16. The number of rotatable bonds is 2. The predicted molar refractivity (Wildman–Crippen MR) is 73.5 cm³/mol. The van der Waals surface area contributed by atoms with Gasteiger partial charge in [-0.05, 0) is 18.6 Å². The summed E-state index contributed by atoms with van der Waals surface area (Å²) in [6.07, 6.45) is 1.39. The Hall–Kier alpha value is -2.07. The van der Waals surface area contributed by atoms with Crippen molar-refractivity contribution in [3.05, 3.63) is 41.3 Å². The second-order valence-corrected chi connectivity index (χ2v) is 4.51. The summed E-state index contributed by atoms with van der Waals surface area (Å²) in [7, 11) is 1.53. The Kier molecular flexibility index (Phi) is 2.87. The monoisotopic (exact) mass is 274 g/mol. The number of hydrogen-bond acceptors (Lipinski definition) is 4. The first-order valence-corrected chi connectivity index (χ1v) is 6.12. The first-order chi connectivity index (χ1) is 9.20. The zero-order valence-corrected chi connectivity index (χ0v) is 11.2. The Morgan fingerprint density at radius 1 is 1.26 bits per heavy atom. The molecule has 96 valence electrons. The van der Waals surface area contributed by atoms with Crippen molar-refractivity contribution in [2.45, 2.75) is 6.92 Å². The van der Waals surface area contributed by atoms with Crippen molar-refractivity contribution >= 4 is 22.6 Å². The number of ether oxygens (including phenoxy) is 1. The van der Waals surface area contributed by atoms with Crippen molar-refractivity contribution in [2.24, 2.45) is 0 Å². The maximum Gasteiger partial charge on any atom is 0.185 e. The lowest BCUT2D eigenvalue weighted by atomic mass is 10.2. The fourth-order valence-electron chi connectivity index (χ4n) is 2.03. The topological polar surface area (TPSA) is 48.2 Å². The molecule has 2 aromatic heterocycles. The number of furan rings is 1. The van der Waals surface area contributed by atoms with Crippen LogP contribution < -0.4 is 4.74 Å². The molecule has 0 spiro atoms. The van der Waals surface area contributed by atoms with Crippen LogP contribution in [-0.2, 0) is 0 Å². The summed E-state index contributed by atoms with van der Waals surface area (Å²) in [5.74, 6) is 1.03. The average Bonchev–Trinajstić information content (AvgIpc) is 2.84. The third kappa shape index (κ3) is 1.94. The van der Waals surface area contributed by atoms with Gasteiger partial charge in [-0.15, -0.1) is 0 Å². The summed E-state index contributed by atoms with van der Waals surface area (Å²) in [5.41, 5.74) is 2.47. The highest BCUT2D eigenvalue weighted by molar-refractivity contribution is 6.31. The van der Waals surface area contributed by atoms with Crippen LogP contribution in [0.5, 0.6) is 5.75 Å². The molecule has 2 heterocycles. The van der Waals surface area contributed by atoms with Crippen LogP contribution in [0, 0.1) is 6.92 Å². The number of nitrogens with zero attached hydrogens (tertiary/aromatic N) is 2. The van der Waals surface area contributed by atoms with E-state index in [1.165, 1.54) is 13.4 Å². The molecular formula is C14H11ClN2O2. The smallest absolute Gasteiger partial charge is 0.185 e. The number of aryl methyl sites for hydroxylation is 1. The average molecular weight is 275 g/mol. The molecule has 4 nitrogen and oxygen atoms in total. The standard InChI is InChI=1S/C14H11ClN2O2/c1-8-4-3-5-9-6-10(19-12(8)9)11-13(18-2)14(15)17-7-16-11/h3-7H,1-2H3. The molecule has 0 bridgehead atoms. The van der Waals surface area contributed by atoms with Crippen LogP contribution in [0.4, 0.5) is 0 Å². The van der Waals surface area contributed by atoms with Gasteiger partial charge in [-0.1, -0.05) is 29.8 Å². The summed E-state index contributed by atoms with van der Waals surface area (Å²) in [6, 6.07) is 7.90. The minimum atomic E-state index is 0.268. The van der Waals surface area contributed by atoms with Gasteiger partial charge in [0.2, 0.25) is 0 Å². The van der Waals surface area contributed by atoms with Crippen molar-refractivity contribution in [2.75, 3.05) is 7.11 Å². The van der Waals surface area contributed by atoms with Crippen molar-refractivity contribution in [3.63, 3.8) is 0 Å². The quantitative estimate of drug-likeness (QED) is 0.666. The summed E-state index contributed by atoms with van der Waals surface area (Å²) in [5, 5.41) is 1.29.